The van der Waals surface area contributed by atoms with Crippen molar-refractivity contribution in [2.24, 2.45) is 5.92 Å². The van der Waals surface area contributed by atoms with Gasteiger partial charge in [0.25, 0.3) is 0 Å². The Morgan fingerprint density at radius 1 is 1.17 bits per heavy atom. The smallest absolute Gasteiger partial charge is 0.410 e. The van der Waals surface area contributed by atoms with Crippen LogP contribution in [0.5, 0.6) is 0 Å². The molecule has 1 N–H and O–H groups in total. The molecule has 2 amide bonds. The monoisotopic (exact) mass is 416 g/mol. The quantitative estimate of drug-likeness (QED) is 0.714. The molecule has 1 aliphatic carbocycles. The lowest BCUT2D eigenvalue weighted by molar-refractivity contribution is -0.148. The number of likely N-dealkylation sites (tertiary alicyclic amines) is 1. The summed E-state index contributed by atoms with van der Waals surface area (Å²) in [5, 5.41) is 2.74. The van der Waals surface area contributed by atoms with Crippen molar-refractivity contribution in [1.29, 1.82) is 0 Å². The number of rotatable bonds is 6. The number of methoxy groups -OCH3 is 1. The van der Waals surface area contributed by atoms with E-state index in [9.17, 15) is 19.2 Å². The number of hydrogen-bond donors (Lipinski definition) is 1. The SMILES string of the molecule is COC(=O)[C@H](NC(=O)[C@H]1CCCN1C(=O)OCc1ccccc1)[C@@H]1CCCC(=O)C1. The molecule has 0 unspecified atom stereocenters. The van der Waals surface area contributed by atoms with Crippen LogP contribution in [0.1, 0.15) is 44.1 Å². The maximum Gasteiger partial charge on any atom is 0.410 e. The van der Waals surface area contributed by atoms with Gasteiger partial charge in [-0.25, -0.2) is 9.59 Å². The molecule has 8 heteroatoms. The number of nitrogens with zero attached hydrogens (tertiary/aromatic N) is 1. The van der Waals surface area contributed by atoms with E-state index in [1.165, 1.54) is 12.0 Å². The zero-order valence-electron chi connectivity index (χ0n) is 17.2. The third-order valence-corrected chi connectivity index (χ3v) is 5.74. The van der Waals surface area contributed by atoms with Crippen molar-refractivity contribution in [3.8, 4) is 0 Å². The maximum absolute atomic E-state index is 12.9. The van der Waals surface area contributed by atoms with Gasteiger partial charge < -0.3 is 14.8 Å². The Morgan fingerprint density at radius 3 is 2.63 bits per heavy atom. The molecule has 0 aromatic heterocycles. The van der Waals surface area contributed by atoms with Crippen LogP contribution >= 0.6 is 0 Å². The van der Waals surface area contributed by atoms with Gasteiger partial charge in [-0.05, 0) is 37.2 Å². The minimum Gasteiger partial charge on any atom is -0.467 e. The van der Waals surface area contributed by atoms with E-state index in [2.05, 4.69) is 5.32 Å². The van der Waals surface area contributed by atoms with Crippen molar-refractivity contribution in [1.82, 2.24) is 10.2 Å². The summed E-state index contributed by atoms with van der Waals surface area (Å²) in [6.45, 7) is 0.538. The highest BCUT2D eigenvalue weighted by molar-refractivity contribution is 5.90. The highest BCUT2D eigenvalue weighted by atomic mass is 16.6. The van der Waals surface area contributed by atoms with Gasteiger partial charge in [0.2, 0.25) is 5.91 Å². The van der Waals surface area contributed by atoms with Crippen LogP contribution in [-0.2, 0) is 30.5 Å². The fourth-order valence-electron chi connectivity index (χ4n) is 4.15. The lowest BCUT2D eigenvalue weighted by Crippen LogP contribution is -2.54. The molecule has 0 spiro atoms. The third-order valence-electron chi connectivity index (χ3n) is 5.74. The molecule has 1 saturated heterocycles. The normalized spacial score (nSPS) is 22.3. The van der Waals surface area contributed by atoms with Gasteiger partial charge in [-0.2, -0.15) is 0 Å². The maximum atomic E-state index is 12.9. The van der Waals surface area contributed by atoms with Gasteiger partial charge in [0.05, 0.1) is 7.11 Å². The van der Waals surface area contributed by atoms with Crippen molar-refractivity contribution in [3.05, 3.63) is 35.9 Å². The number of esters is 1. The summed E-state index contributed by atoms with van der Waals surface area (Å²) in [5.41, 5.74) is 0.860. The fourth-order valence-corrected chi connectivity index (χ4v) is 4.15. The molecule has 162 valence electrons. The molecule has 3 rings (SSSR count). The molecule has 2 fully saturated rings. The first-order valence-electron chi connectivity index (χ1n) is 10.4. The van der Waals surface area contributed by atoms with E-state index in [0.29, 0.717) is 38.6 Å². The fraction of sp³-hybridized carbons (Fsp3) is 0.545. The van der Waals surface area contributed by atoms with Crippen LogP contribution in [0, 0.1) is 5.92 Å². The van der Waals surface area contributed by atoms with E-state index in [1.54, 1.807) is 0 Å². The molecule has 2 aliphatic rings. The van der Waals surface area contributed by atoms with Crippen LogP contribution in [0.15, 0.2) is 30.3 Å². The van der Waals surface area contributed by atoms with Crippen LogP contribution in [0.2, 0.25) is 0 Å². The predicted molar refractivity (Wildman–Crippen MR) is 107 cm³/mol. The van der Waals surface area contributed by atoms with Crippen molar-refractivity contribution in [2.45, 2.75) is 57.2 Å². The van der Waals surface area contributed by atoms with Gasteiger partial charge in [0, 0.05) is 19.4 Å². The summed E-state index contributed by atoms with van der Waals surface area (Å²) in [4.78, 5) is 51.0. The number of ketones is 1. The number of amides is 2. The predicted octanol–water partition coefficient (Wildman–Crippen LogP) is 2.20. The molecular weight excluding hydrogens is 388 g/mol. The van der Waals surface area contributed by atoms with Crippen LogP contribution in [0.4, 0.5) is 4.79 Å². The number of carbonyl (C=O) groups excluding carboxylic acids is 4. The van der Waals surface area contributed by atoms with Gasteiger partial charge >= 0.3 is 12.1 Å². The zero-order valence-corrected chi connectivity index (χ0v) is 17.2. The van der Waals surface area contributed by atoms with E-state index in [1.807, 2.05) is 30.3 Å². The van der Waals surface area contributed by atoms with Gasteiger partial charge in [-0.3, -0.25) is 14.5 Å². The Labute approximate surface area is 175 Å². The summed E-state index contributed by atoms with van der Waals surface area (Å²) in [5.74, 6) is -1.19. The lowest BCUT2D eigenvalue weighted by atomic mass is 9.83. The molecule has 1 aromatic carbocycles. The Morgan fingerprint density at radius 2 is 1.93 bits per heavy atom. The van der Waals surface area contributed by atoms with Crippen molar-refractivity contribution in [3.63, 3.8) is 0 Å². The van der Waals surface area contributed by atoms with Crippen LogP contribution in [0.3, 0.4) is 0 Å². The number of carbonyl (C=O) groups is 4. The average molecular weight is 416 g/mol. The zero-order chi connectivity index (χ0) is 21.5. The number of ether oxygens (including phenoxy) is 2. The molecule has 30 heavy (non-hydrogen) atoms. The summed E-state index contributed by atoms with van der Waals surface area (Å²) < 4.78 is 10.2. The second kappa shape index (κ2) is 10.2. The van der Waals surface area contributed by atoms with Crippen LogP contribution < -0.4 is 5.32 Å². The lowest BCUT2D eigenvalue weighted by Gasteiger charge is -2.30. The first-order chi connectivity index (χ1) is 14.5. The highest BCUT2D eigenvalue weighted by Gasteiger charge is 2.39. The molecule has 8 nitrogen and oxygen atoms in total. The average Bonchev–Trinajstić information content (AvgIpc) is 3.26. The second-order valence-electron chi connectivity index (χ2n) is 7.80. The van der Waals surface area contributed by atoms with Crippen molar-refractivity contribution < 1.29 is 28.7 Å². The van der Waals surface area contributed by atoms with E-state index < -0.39 is 30.1 Å². The molecule has 0 bridgehead atoms. The molecule has 3 atom stereocenters. The van der Waals surface area contributed by atoms with E-state index >= 15 is 0 Å². The summed E-state index contributed by atoms with van der Waals surface area (Å²) in [7, 11) is 1.26. The largest absolute Gasteiger partial charge is 0.467 e. The van der Waals surface area contributed by atoms with Crippen molar-refractivity contribution in [2.75, 3.05) is 13.7 Å². The molecule has 0 radical (unpaired) electrons. The Bertz CT molecular complexity index is 781. The van der Waals surface area contributed by atoms with Gasteiger partial charge in [-0.15, -0.1) is 0 Å². The second-order valence-corrected chi connectivity index (χ2v) is 7.80. The van der Waals surface area contributed by atoms with Gasteiger partial charge in [0.1, 0.15) is 24.5 Å². The molecular formula is C22H28N2O6. The summed E-state index contributed by atoms with van der Waals surface area (Å²) in [6, 6.07) is 7.70. The molecule has 1 saturated carbocycles. The van der Waals surface area contributed by atoms with E-state index in [4.69, 9.17) is 9.47 Å². The van der Waals surface area contributed by atoms with E-state index in [0.717, 1.165) is 5.56 Å². The van der Waals surface area contributed by atoms with Crippen LogP contribution in [-0.4, -0.2) is 54.4 Å². The summed E-state index contributed by atoms with van der Waals surface area (Å²) in [6.07, 6.45) is 2.70. The number of benzene rings is 1. The Balaban J connectivity index is 1.62. The minimum absolute atomic E-state index is 0.0846. The number of hydrogen-bond acceptors (Lipinski definition) is 6. The van der Waals surface area contributed by atoms with Gasteiger partial charge in [-0.1, -0.05) is 30.3 Å². The molecule has 1 aromatic rings. The van der Waals surface area contributed by atoms with Gasteiger partial charge in [0.15, 0.2) is 0 Å². The third kappa shape index (κ3) is 5.37. The standard InChI is InChI=1S/C22H28N2O6/c1-29-21(27)19(16-9-5-10-17(25)13-16)23-20(26)18-11-6-12-24(18)22(28)30-14-15-7-3-2-4-8-15/h2-4,7-8,16,18-19H,5-6,9-14H2,1H3,(H,23,26)/t16-,18-,19-/m1/s1. The van der Waals surface area contributed by atoms with Crippen molar-refractivity contribution >= 4 is 23.8 Å². The topological polar surface area (TPSA) is 102 Å². The molecule has 1 aliphatic heterocycles. The minimum atomic E-state index is -0.894. The summed E-state index contributed by atoms with van der Waals surface area (Å²) >= 11 is 0. The molecule has 1 heterocycles. The van der Waals surface area contributed by atoms with E-state index in [-0.39, 0.29) is 24.7 Å². The number of nitrogens with one attached hydrogen (secondary N) is 1. The Kier molecular flexibility index (Phi) is 7.43. The first-order valence-corrected chi connectivity index (χ1v) is 10.4. The van der Waals surface area contributed by atoms with Crippen LogP contribution in [0.25, 0.3) is 0 Å². The highest BCUT2D eigenvalue weighted by Crippen LogP contribution is 2.26. The number of Topliss-reactive ketones (excluding diaryl/α,β-unsaturated/α-hetero) is 1. The first kappa shape index (κ1) is 21.8. The Hall–Kier alpha value is -2.90.